The van der Waals surface area contributed by atoms with E-state index in [-0.39, 0.29) is 11.9 Å². The fourth-order valence-corrected chi connectivity index (χ4v) is 3.13. The van der Waals surface area contributed by atoms with Crippen LogP contribution in [0.15, 0.2) is 36.4 Å². The van der Waals surface area contributed by atoms with Gasteiger partial charge >= 0.3 is 0 Å². The summed E-state index contributed by atoms with van der Waals surface area (Å²) in [5, 5.41) is 6.13. The SMILES string of the molecule is CCc1ccc(C(C)NCC(=O)NCc2ccc(Cl)s2)cc1. The van der Waals surface area contributed by atoms with Crippen molar-refractivity contribution in [3.05, 3.63) is 56.7 Å². The monoisotopic (exact) mass is 336 g/mol. The van der Waals surface area contributed by atoms with Crippen LogP contribution in [0.25, 0.3) is 0 Å². The predicted octanol–water partition coefficient (Wildman–Crippen LogP) is 3.93. The van der Waals surface area contributed by atoms with Crippen LogP contribution < -0.4 is 10.6 Å². The van der Waals surface area contributed by atoms with E-state index in [2.05, 4.69) is 48.7 Å². The minimum Gasteiger partial charge on any atom is -0.350 e. The Morgan fingerprint density at radius 1 is 1.23 bits per heavy atom. The molecule has 2 aromatic rings. The van der Waals surface area contributed by atoms with E-state index < -0.39 is 0 Å². The summed E-state index contributed by atoms with van der Waals surface area (Å²) in [6.45, 7) is 5.03. The van der Waals surface area contributed by atoms with Gasteiger partial charge in [0.05, 0.1) is 17.4 Å². The Labute approximate surface area is 140 Å². The second-order valence-electron chi connectivity index (χ2n) is 5.18. The lowest BCUT2D eigenvalue weighted by Gasteiger charge is -2.14. The molecular formula is C17H21ClN2OS. The van der Waals surface area contributed by atoms with Crippen molar-refractivity contribution < 1.29 is 4.79 Å². The average Bonchev–Trinajstić information content (AvgIpc) is 2.96. The number of carbonyl (C=O) groups is 1. The molecule has 0 aliphatic heterocycles. The van der Waals surface area contributed by atoms with E-state index in [1.165, 1.54) is 22.5 Å². The molecule has 5 heteroatoms. The van der Waals surface area contributed by atoms with Gasteiger partial charge in [-0.3, -0.25) is 4.79 Å². The van der Waals surface area contributed by atoms with Gasteiger partial charge in [0.1, 0.15) is 0 Å². The summed E-state index contributed by atoms with van der Waals surface area (Å²) in [7, 11) is 0. The summed E-state index contributed by atoms with van der Waals surface area (Å²) in [6, 6.07) is 12.4. The average molecular weight is 337 g/mol. The lowest BCUT2D eigenvalue weighted by atomic mass is 10.1. The van der Waals surface area contributed by atoms with Crippen LogP contribution in [-0.4, -0.2) is 12.5 Å². The fourth-order valence-electron chi connectivity index (χ4n) is 2.10. The number of hydrogen-bond acceptors (Lipinski definition) is 3. The highest BCUT2D eigenvalue weighted by atomic mass is 35.5. The maximum Gasteiger partial charge on any atom is 0.234 e. The van der Waals surface area contributed by atoms with Crippen LogP contribution in [0.5, 0.6) is 0 Å². The maximum absolute atomic E-state index is 11.9. The molecule has 118 valence electrons. The molecule has 0 radical (unpaired) electrons. The van der Waals surface area contributed by atoms with Crippen LogP contribution in [0.2, 0.25) is 4.34 Å². The topological polar surface area (TPSA) is 41.1 Å². The first-order chi connectivity index (χ1) is 10.6. The molecule has 2 rings (SSSR count). The van der Waals surface area contributed by atoms with Gasteiger partial charge in [-0.1, -0.05) is 42.8 Å². The zero-order valence-electron chi connectivity index (χ0n) is 12.9. The molecule has 0 bridgehead atoms. The Kier molecular flexibility index (Phi) is 6.43. The van der Waals surface area contributed by atoms with Crippen molar-refractivity contribution in [1.29, 1.82) is 0 Å². The second kappa shape index (κ2) is 8.32. The number of halogens is 1. The van der Waals surface area contributed by atoms with E-state index in [1.54, 1.807) is 0 Å². The third kappa shape index (κ3) is 5.13. The van der Waals surface area contributed by atoms with Crippen LogP contribution in [0.3, 0.4) is 0 Å². The summed E-state index contributed by atoms with van der Waals surface area (Å²) in [6.07, 6.45) is 1.04. The molecule has 0 fully saturated rings. The molecule has 1 atom stereocenters. The number of nitrogens with one attached hydrogen (secondary N) is 2. The van der Waals surface area contributed by atoms with Crippen molar-refractivity contribution in [3.63, 3.8) is 0 Å². The number of benzene rings is 1. The normalized spacial score (nSPS) is 12.1. The molecule has 1 aromatic heterocycles. The molecule has 0 saturated carbocycles. The van der Waals surface area contributed by atoms with Gasteiger partial charge in [-0.2, -0.15) is 0 Å². The summed E-state index contributed by atoms with van der Waals surface area (Å²) in [4.78, 5) is 12.9. The van der Waals surface area contributed by atoms with E-state index in [9.17, 15) is 4.79 Å². The predicted molar refractivity (Wildman–Crippen MR) is 93.4 cm³/mol. The van der Waals surface area contributed by atoms with Crippen molar-refractivity contribution in [2.45, 2.75) is 32.9 Å². The van der Waals surface area contributed by atoms with Gasteiger partial charge < -0.3 is 10.6 Å². The minimum atomic E-state index is -0.0125. The van der Waals surface area contributed by atoms with Crippen LogP contribution in [0, 0.1) is 0 Å². The first-order valence-corrected chi connectivity index (χ1v) is 8.61. The number of amides is 1. The van der Waals surface area contributed by atoms with Crippen LogP contribution >= 0.6 is 22.9 Å². The summed E-state index contributed by atoms with van der Waals surface area (Å²) in [5.74, 6) is -0.0125. The Morgan fingerprint density at radius 3 is 2.55 bits per heavy atom. The van der Waals surface area contributed by atoms with Crippen LogP contribution in [0.1, 0.15) is 35.9 Å². The smallest absolute Gasteiger partial charge is 0.234 e. The highest BCUT2D eigenvalue weighted by Gasteiger charge is 2.08. The number of carbonyl (C=O) groups excluding carboxylic acids is 1. The molecule has 1 amide bonds. The van der Waals surface area contributed by atoms with Gasteiger partial charge in [0.25, 0.3) is 0 Å². The van der Waals surface area contributed by atoms with Crippen molar-refractivity contribution in [2.75, 3.05) is 6.54 Å². The van der Waals surface area contributed by atoms with Gasteiger partial charge in [0.2, 0.25) is 5.91 Å². The Balaban J connectivity index is 1.74. The zero-order valence-corrected chi connectivity index (χ0v) is 14.4. The van der Waals surface area contributed by atoms with E-state index >= 15 is 0 Å². The first kappa shape index (κ1) is 17.0. The Morgan fingerprint density at radius 2 is 1.95 bits per heavy atom. The maximum atomic E-state index is 11.9. The number of aryl methyl sites for hydroxylation is 1. The molecule has 1 aromatic carbocycles. The molecule has 0 aliphatic carbocycles. The zero-order chi connectivity index (χ0) is 15.9. The Hall–Kier alpha value is -1.36. The molecule has 0 saturated heterocycles. The lowest BCUT2D eigenvalue weighted by molar-refractivity contribution is -0.120. The number of rotatable bonds is 7. The molecule has 3 nitrogen and oxygen atoms in total. The van der Waals surface area contributed by atoms with Gasteiger partial charge in [-0.25, -0.2) is 0 Å². The molecule has 2 N–H and O–H groups in total. The van der Waals surface area contributed by atoms with Gasteiger partial charge in [0, 0.05) is 10.9 Å². The van der Waals surface area contributed by atoms with E-state index in [0.717, 1.165) is 15.6 Å². The van der Waals surface area contributed by atoms with Crippen molar-refractivity contribution in [3.8, 4) is 0 Å². The van der Waals surface area contributed by atoms with Gasteiger partial charge in [-0.05, 0) is 36.6 Å². The lowest BCUT2D eigenvalue weighted by Crippen LogP contribution is -2.34. The number of thiophene rings is 1. The van der Waals surface area contributed by atoms with E-state index in [1.807, 2.05) is 12.1 Å². The quantitative estimate of drug-likeness (QED) is 0.804. The summed E-state index contributed by atoms with van der Waals surface area (Å²) >= 11 is 7.35. The van der Waals surface area contributed by atoms with Gasteiger partial charge in [-0.15, -0.1) is 11.3 Å². The molecular weight excluding hydrogens is 316 g/mol. The van der Waals surface area contributed by atoms with E-state index in [4.69, 9.17) is 11.6 Å². The third-order valence-electron chi connectivity index (χ3n) is 3.55. The minimum absolute atomic E-state index is 0.0125. The van der Waals surface area contributed by atoms with Crippen molar-refractivity contribution in [1.82, 2.24) is 10.6 Å². The van der Waals surface area contributed by atoms with E-state index in [0.29, 0.717) is 13.1 Å². The number of hydrogen-bond donors (Lipinski definition) is 2. The van der Waals surface area contributed by atoms with Crippen molar-refractivity contribution >= 4 is 28.8 Å². The molecule has 0 aliphatic rings. The van der Waals surface area contributed by atoms with Gasteiger partial charge in [0.15, 0.2) is 0 Å². The molecule has 22 heavy (non-hydrogen) atoms. The highest BCUT2D eigenvalue weighted by molar-refractivity contribution is 7.16. The van der Waals surface area contributed by atoms with Crippen LogP contribution in [-0.2, 0) is 17.8 Å². The third-order valence-corrected chi connectivity index (χ3v) is 4.78. The molecule has 0 spiro atoms. The standard InChI is InChI=1S/C17H21ClN2OS/c1-3-13-4-6-14(7-5-13)12(2)19-11-17(21)20-10-15-8-9-16(18)22-15/h4-9,12,19H,3,10-11H2,1-2H3,(H,20,21). The van der Waals surface area contributed by atoms with Crippen LogP contribution in [0.4, 0.5) is 0 Å². The molecule has 1 unspecified atom stereocenters. The Bertz CT molecular complexity index is 609. The summed E-state index contributed by atoms with van der Waals surface area (Å²) < 4.78 is 0.742. The summed E-state index contributed by atoms with van der Waals surface area (Å²) in [5.41, 5.74) is 2.51. The first-order valence-electron chi connectivity index (χ1n) is 7.41. The largest absolute Gasteiger partial charge is 0.350 e. The fraction of sp³-hybridized carbons (Fsp3) is 0.353. The second-order valence-corrected chi connectivity index (χ2v) is 6.98. The molecule has 1 heterocycles. The van der Waals surface area contributed by atoms with Crippen molar-refractivity contribution in [2.24, 2.45) is 0 Å². The highest BCUT2D eigenvalue weighted by Crippen LogP contribution is 2.20.